The van der Waals surface area contributed by atoms with Gasteiger partial charge in [-0.2, -0.15) is 0 Å². The average molecular weight is 184 g/mol. The van der Waals surface area contributed by atoms with Crippen LogP contribution in [-0.4, -0.2) is 18.5 Å². The topological polar surface area (TPSA) is 55.1 Å². The highest BCUT2D eigenvalue weighted by atomic mass is 16.2. The molecule has 0 spiro atoms. The van der Waals surface area contributed by atoms with Crippen LogP contribution < -0.4 is 11.1 Å². The lowest BCUT2D eigenvalue weighted by atomic mass is 10.1. The molecule has 0 unspecified atom stereocenters. The standard InChI is InChI=1S/C10H20N2O/c1-3-5-6-8-12-10(13)9(11)7-4-2/h3,5,9H,4,6-8,11H2,1-2H3,(H,12,13)/b5-3+/t9-/m0/s1. The Morgan fingerprint density at radius 1 is 1.62 bits per heavy atom. The first kappa shape index (κ1) is 12.2. The number of hydrogen-bond donors (Lipinski definition) is 2. The van der Waals surface area contributed by atoms with E-state index in [0.717, 1.165) is 19.3 Å². The van der Waals surface area contributed by atoms with Crippen LogP contribution in [0.1, 0.15) is 33.1 Å². The summed E-state index contributed by atoms with van der Waals surface area (Å²) >= 11 is 0. The number of nitrogens with one attached hydrogen (secondary N) is 1. The van der Waals surface area contributed by atoms with E-state index in [1.807, 2.05) is 26.0 Å². The Balaban J connectivity index is 3.49. The van der Waals surface area contributed by atoms with Gasteiger partial charge in [-0.05, 0) is 19.8 Å². The van der Waals surface area contributed by atoms with Crippen LogP contribution in [-0.2, 0) is 4.79 Å². The van der Waals surface area contributed by atoms with E-state index < -0.39 is 0 Å². The molecule has 3 heteroatoms. The van der Waals surface area contributed by atoms with Crippen LogP contribution >= 0.6 is 0 Å². The third-order valence-corrected chi connectivity index (χ3v) is 1.78. The summed E-state index contributed by atoms with van der Waals surface area (Å²) in [5.74, 6) is -0.0358. The minimum Gasteiger partial charge on any atom is -0.354 e. The van der Waals surface area contributed by atoms with Gasteiger partial charge in [-0.3, -0.25) is 4.79 Å². The van der Waals surface area contributed by atoms with Gasteiger partial charge in [0.2, 0.25) is 5.91 Å². The third kappa shape index (κ3) is 6.34. The Hall–Kier alpha value is -0.830. The highest BCUT2D eigenvalue weighted by Gasteiger charge is 2.10. The molecule has 0 aromatic heterocycles. The Morgan fingerprint density at radius 2 is 2.31 bits per heavy atom. The van der Waals surface area contributed by atoms with E-state index in [-0.39, 0.29) is 11.9 Å². The van der Waals surface area contributed by atoms with Crippen LogP contribution in [0.15, 0.2) is 12.2 Å². The van der Waals surface area contributed by atoms with E-state index >= 15 is 0 Å². The van der Waals surface area contributed by atoms with Crippen molar-refractivity contribution < 1.29 is 4.79 Å². The van der Waals surface area contributed by atoms with Crippen LogP contribution in [0.4, 0.5) is 0 Å². The second-order valence-electron chi connectivity index (χ2n) is 3.04. The summed E-state index contributed by atoms with van der Waals surface area (Å²) in [6.45, 7) is 4.66. The zero-order valence-electron chi connectivity index (χ0n) is 8.55. The maximum absolute atomic E-state index is 11.2. The molecule has 0 aliphatic carbocycles. The summed E-state index contributed by atoms with van der Waals surface area (Å²) in [5.41, 5.74) is 5.61. The molecule has 0 aliphatic rings. The van der Waals surface area contributed by atoms with E-state index in [1.165, 1.54) is 0 Å². The average Bonchev–Trinajstić information content (AvgIpc) is 2.12. The summed E-state index contributed by atoms with van der Waals surface area (Å²) in [7, 11) is 0. The largest absolute Gasteiger partial charge is 0.354 e. The lowest BCUT2D eigenvalue weighted by Gasteiger charge is -2.09. The van der Waals surface area contributed by atoms with Crippen LogP contribution in [0.25, 0.3) is 0 Å². The van der Waals surface area contributed by atoms with E-state index in [4.69, 9.17) is 5.73 Å². The molecule has 0 fully saturated rings. The van der Waals surface area contributed by atoms with E-state index in [2.05, 4.69) is 5.32 Å². The van der Waals surface area contributed by atoms with Gasteiger partial charge in [-0.15, -0.1) is 0 Å². The second-order valence-corrected chi connectivity index (χ2v) is 3.04. The molecule has 3 nitrogen and oxygen atoms in total. The minimum atomic E-state index is -0.337. The zero-order valence-corrected chi connectivity index (χ0v) is 8.55. The van der Waals surface area contributed by atoms with Crippen LogP contribution in [0.5, 0.6) is 0 Å². The summed E-state index contributed by atoms with van der Waals surface area (Å²) in [5, 5.41) is 2.79. The maximum Gasteiger partial charge on any atom is 0.236 e. The second kappa shape index (κ2) is 7.80. The molecule has 1 atom stereocenters. The van der Waals surface area contributed by atoms with Crippen molar-refractivity contribution in [2.75, 3.05) is 6.54 Å². The number of nitrogens with two attached hydrogens (primary N) is 1. The molecule has 0 aromatic carbocycles. The molecule has 0 heterocycles. The van der Waals surface area contributed by atoms with Crippen molar-refractivity contribution in [3.8, 4) is 0 Å². The molecular weight excluding hydrogens is 164 g/mol. The molecule has 0 saturated heterocycles. The number of allylic oxidation sites excluding steroid dienone is 1. The number of amides is 1. The van der Waals surface area contributed by atoms with Crippen molar-refractivity contribution in [3.63, 3.8) is 0 Å². The third-order valence-electron chi connectivity index (χ3n) is 1.78. The molecule has 1 amide bonds. The fraction of sp³-hybridized carbons (Fsp3) is 0.700. The predicted octanol–water partition coefficient (Wildman–Crippen LogP) is 1.20. The fourth-order valence-corrected chi connectivity index (χ4v) is 1.02. The van der Waals surface area contributed by atoms with Crippen LogP contribution in [0, 0.1) is 0 Å². The van der Waals surface area contributed by atoms with Gasteiger partial charge in [-0.25, -0.2) is 0 Å². The van der Waals surface area contributed by atoms with Crippen molar-refractivity contribution in [2.24, 2.45) is 5.73 Å². The fourth-order valence-electron chi connectivity index (χ4n) is 1.02. The summed E-state index contributed by atoms with van der Waals surface area (Å²) < 4.78 is 0. The molecule has 0 rings (SSSR count). The summed E-state index contributed by atoms with van der Waals surface area (Å²) in [6, 6.07) is -0.337. The SMILES string of the molecule is C/C=C/CCNC(=O)[C@@H](N)CCC. The highest BCUT2D eigenvalue weighted by Crippen LogP contribution is 1.92. The Morgan fingerprint density at radius 3 is 2.85 bits per heavy atom. The zero-order chi connectivity index (χ0) is 10.1. The number of carbonyl (C=O) groups excluding carboxylic acids is 1. The van der Waals surface area contributed by atoms with Crippen molar-refractivity contribution in [1.29, 1.82) is 0 Å². The molecule has 0 aliphatic heterocycles. The van der Waals surface area contributed by atoms with Crippen molar-refractivity contribution in [1.82, 2.24) is 5.32 Å². The molecule has 0 aromatic rings. The summed E-state index contributed by atoms with van der Waals surface area (Å²) in [6.07, 6.45) is 6.57. The number of hydrogen-bond acceptors (Lipinski definition) is 2. The smallest absolute Gasteiger partial charge is 0.236 e. The normalized spacial score (nSPS) is 13.2. The maximum atomic E-state index is 11.2. The Bertz CT molecular complexity index is 166. The van der Waals surface area contributed by atoms with E-state index in [9.17, 15) is 4.79 Å². The molecular formula is C10H20N2O. The van der Waals surface area contributed by atoms with Crippen LogP contribution in [0.2, 0.25) is 0 Å². The predicted molar refractivity (Wildman–Crippen MR) is 55.3 cm³/mol. The van der Waals surface area contributed by atoms with Gasteiger partial charge in [-0.1, -0.05) is 25.5 Å². The van der Waals surface area contributed by atoms with E-state index in [0.29, 0.717) is 6.54 Å². The van der Waals surface area contributed by atoms with Gasteiger partial charge in [0.15, 0.2) is 0 Å². The molecule has 0 bridgehead atoms. The minimum absolute atomic E-state index is 0.0358. The molecule has 0 radical (unpaired) electrons. The summed E-state index contributed by atoms with van der Waals surface area (Å²) in [4.78, 5) is 11.2. The molecule has 3 N–H and O–H groups in total. The Kier molecular flexibility index (Phi) is 7.30. The van der Waals surface area contributed by atoms with Crippen LogP contribution in [0.3, 0.4) is 0 Å². The van der Waals surface area contributed by atoms with Crippen molar-refractivity contribution in [3.05, 3.63) is 12.2 Å². The monoisotopic (exact) mass is 184 g/mol. The Labute approximate surface area is 80.4 Å². The number of rotatable bonds is 6. The first-order valence-electron chi connectivity index (χ1n) is 4.86. The quantitative estimate of drug-likeness (QED) is 0.481. The van der Waals surface area contributed by atoms with Gasteiger partial charge in [0.05, 0.1) is 6.04 Å². The van der Waals surface area contributed by atoms with Crippen molar-refractivity contribution in [2.45, 2.75) is 39.2 Å². The van der Waals surface area contributed by atoms with Crippen molar-refractivity contribution >= 4 is 5.91 Å². The molecule has 76 valence electrons. The van der Waals surface area contributed by atoms with E-state index in [1.54, 1.807) is 0 Å². The van der Waals surface area contributed by atoms with Gasteiger partial charge >= 0.3 is 0 Å². The van der Waals surface area contributed by atoms with Gasteiger partial charge in [0, 0.05) is 6.54 Å². The molecule has 0 saturated carbocycles. The van der Waals surface area contributed by atoms with Gasteiger partial charge in [0.25, 0.3) is 0 Å². The number of carbonyl (C=O) groups is 1. The van der Waals surface area contributed by atoms with Gasteiger partial charge < -0.3 is 11.1 Å². The first-order chi connectivity index (χ1) is 6.22. The van der Waals surface area contributed by atoms with Gasteiger partial charge in [0.1, 0.15) is 0 Å². The lowest BCUT2D eigenvalue weighted by molar-refractivity contribution is -0.122. The first-order valence-corrected chi connectivity index (χ1v) is 4.86. The highest BCUT2D eigenvalue weighted by molar-refractivity contribution is 5.81. The molecule has 13 heavy (non-hydrogen) atoms. The lowest BCUT2D eigenvalue weighted by Crippen LogP contribution is -2.40.